The molecule has 2 saturated heterocycles. The van der Waals surface area contributed by atoms with E-state index in [9.17, 15) is 4.39 Å². The first-order valence-corrected chi connectivity index (χ1v) is 5.09. The molecule has 2 rings (SSSR count). The Balaban J connectivity index is 2.19. The van der Waals surface area contributed by atoms with Gasteiger partial charge in [-0.25, -0.2) is 4.39 Å². The predicted molar refractivity (Wildman–Crippen MR) is 47.9 cm³/mol. The highest BCUT2D eigenvalue weighted by molar-refractivity contribution is 5.05. The molecule has 2 fully saturated rings. The Labute approximate surface area is 73.9 Å². The van der Waals surface area contributed by atoms with Crippen molar-refractivity contribution < 1.29 is 4.39 Å². The highest BCUT2D eigenvalue weighted by Crippen LogP contribution is 2.45. The van der Waals surface area contributed by atoms with E-state index >= 15 is 0 Å². The largest absolute Gasteiger partial charge is 0.292 e. The van der Waals surface area contributed by atoms with E-state index in [0.717, 1.165) is 12.8 Å². The van der Waals surface area contributed by atoms with Gasteiger partial charge in [0, 0.05) is 18.1 Å². The number of fused-ring (bicyclic) bond motifs is 1. The van der Waals surface area contributed by atoms with E-state index in [1.165, 1.54) is 12.8 Å². The quantitative estimate of drug-likeness (QED) is 0.585. The molecule has 0 aromatic rings. The Bertz CT molecular complexity index is 183. The summed E-state index contributed by atoms with van der Waals surface area (Å²) in [6, 6.07) is 0.616. The van der Waals surface area contributed by atoms with E-state index < -0.39 is 6.17 Å². The van der Waals surface area contributed by atoms with Gasteiger partial charge >= 0.3 is 0 Å². The van der Waals surface area contributed by atoms with Gasteiger partial charge in [0.2, 0.25) is 0 Å². The summed E-state index contributed by atoms with van der Waals surface area (Å²) in [6.45, 7) is 5.12. The van der Waals surface area contributed by atoms with Crippen molar-refractivity contribution in [1.29, 1.82) is 0 Å². The zero-order chi connectivity index (χ0) is 8.77. The Morgan fingerprint density at radius 3 is 2.92 bits per heavy atom. The molecule has 70 valence electrons. The highest BCUT2D eigenvalue weighted by atomic mass is 19.1. The van der Waals surface area contributed by atoms with Crippen LogP contribution in [0.25, 0.3) is 0 Å². The lowest BCUT2D eigenvalue weighted by molar-refractivity contribution is 0.152. The fourth-order valence-corrected chi connectivity index (χ4v) is 3.05. The van der Waals surface area contributed by atoms with Crippen LogP contribution < -0.4 is 0 Å². The standard InChI is InChI=1S/C10H18FN/c1-3-10-5-4-8(2)12(10)7-9(11)6-10/h8-9H,3-7H2,1-2H3/t8-,9-,10+/m1/s1. The summed E-state index contributed by atoms with van der Waals surface area (Å²) in [5, 5.41) is 0. The first kappa shape index (κ1) is 8.49. The van der Waals surface area contributed by atoms with E-state index in [-0.39, 0.29) is 5.54 Å². The zero-order valence-electron chi connectivity index (χ0n) is 8.02. The van der Waals surface area contributed by atoms with Gasteiger partial charge in [0.1, 0.15) is 6.17 Å². The molecule has 0 aromatic carbocycles. The van der Waals surface area contributed by atoms with Gasteiger partial charge in [0.15, 0.2) is 0 Å². The molecule has 2 heteroatoms. The molecule has 12 heavy (non-hydrogen) atoms. The highest BCUT2D eigenvalue weighted by Gasteiger charge is 2.50. The van der Waals surface area contributed by atoms with E-state index in [0.29, 0.717) is 12.6 Å². The summed E-state index contributed by atoms with van der Waals surface area (Å²) < 4.78 is 13.2. The van der Waals surface area contributed by atoms with Gasteiger partial charge < -0.3 is 0 Å². The number of rotatable bonds is 1. The minimum absolute atomic E-state index is 0.249. The first-order chi connectivity index (χ1) is 5.68. The zero-order valence-corrected chi connectivity index (χ0v) is 8.02. The second kappa shape index (κ2) is 2.69. The van der Waals surface area contributed by atoms with Crippen LogP contribution in [0.15, 0.2) is 0 Å². The topological polar surface area (TPSA) is 3.24 Å². The lowest BCUT2D eigenvalue weighted by atomic mass is 9.91. The van der Waals surface area contributed by atoms with Gasteiger partial charge in [-0.2, -0.15) is 0 Å². The van der Waals surface area contributed by atoms with Gasteiger partial charge in [0.25, 0.3) is 0 Å². The molecular weight excluding hydrogens is 153 g/mol. The molecule has 0 aromatic heterocycles. The first-order valence-electron chi connectivity index (χ1n) is 5.09. The maximum absolute atomic E-state index is 13.2. The fourth-order valence-electron chi connectivity index (χ4n) is 3.05. The molecule has 2 heterocycles. The third kappa shape index (κ3) is 1.00. The second-order valence-electron chi connectivity index (χ2n) is 4.42. The van der Waals surface area contributed by atoms with E-state index in [1.54, 1.807) is 0 Å². The summed E-state index contributed by atoms with van der Waals surface area (Å²) in [5.74, 6) is 0. The number of halogens is 1. The molecule has 0 saturated carbocycles. The molecule has 0 aliphatic carbocycles. The van der Waals surface area contributed by atoms with Crippen LogP contribution in [0.4, 0.5) is 4.39 Å². The molecular formula is C10H18FN. The minimum Gasteiger partial charge on any atom is -0.292 e. The molecule has 0 unspecified atom stereocenters. The van der Waals surface area contributed by atoms with E-state index in [2.05, 4.69) is 18.7 Å². The van der Waals surface area contributed by atoms with Gasteiger partial charge in [-0.1, -0.05) is 6.92 Å². The molecule has 2 aliphatic rings. The van der Waals surface area contributed by atoms with Gasteiger partial charge in [-0.05, 0) is 32.6 Å². The fraction of sp³-hybridized carbons (Fsp3) is 1.00. The molecule has 0 amide bonds. The minimum atomic E-state index is -0.562. The van der Waals surface area contributed by atoms with Crippen molar-refractivity contribution in [2.24, 2.45) is 0 Å². The van der Waals surface area contributed by atoms with Gasteiger partial charge in [-0.3, -0.25) is 4.90 Å². The SMILES string of the molecule is CC[C@@]12CC[C@@H](C)N1C[C@H](F)C2. The van der Waals surface area contributed by atoms with Crippen molar-refractivity contribution in [1.82, 2.24) is 4.90 Å². The Morgan fingerprint density at radius 1 is 1.58 bits per heavy atom. The van der Waals surface area contributed by atoms with Crippen LogP contribution in [-0.4, -0.2) is 29.2 Å². The summed E-state index contributed by atoms with van der Waals surface area (Å²) >= 11 is 0. The molecule has 3 atom stereocenters. The van der Waals surface area contributed by atoms with Crippen molar-refractivity contribution >= 4 is 0 Å². The third-order valence-corrected chi connectivity index (χ3v) is 3.82. The van der Waals surface area contributed by atoms with Gasteiger partial charge in [0.05, 0.1) is 0 Å². The van der Waals surface area contributed by atoms with E-state index in [4.69, 9.17) is 0 Å². The number of nitrogens with zero attached hydrogens (tertiary/aromatic N) is 1. The maximum Gasteiger partial charge on any atom is 0.115 e. The van der Waals surface area contributed by atoms with Crippen molar-refractivity contribution in [3.05, 3.63) is 0 Å². The summed E-state index contributed by atoms with van der Waals surface area (Å²) in [4.78, 5) is 2.40. The van der Waals surface area contributed by atoms with Crippen LogP contribution in [-0.2, 0) is 0 Å². The average molecular weight is 171 g/mol. The lowest BCUT2D eigenvalue weighted by Crippen LogP contribution is -2.40. The Hall–Kier alpha value is -0.110. The summed E-state index contributed by atoms with van der Waals surface area (Å²) in [5.41, 5.74) is 0.249. The summed E-state index contributed by atoms with van der Waals surface area (Å²) in [7, 11) is 0. The molecule has 1 nitrogen and oxygen atoms in total. The normalized spacial score (nSPS) is 48.2. The second-order valence-corrected chi connectivity index (χ2v) is 4.42. The smallest absolute Gasteiger partial charge is 0.115 e. The Kier molecular flexibility index (Phi) is 1.90. The number of hydrogen-bond donors (Lipinski definition) is 0. The Morgan fingerprint density at radius 2 is 2.33 bits per heavy atom. The average Bonchev–Trinajstić information content (AvgIpc) is 2.51. The van der Waals surface area contributed by atoms with Crippen molar-refractivity contribution in [2.45, 2.75) is 57.3 Å². The molecule has 0 N–H and O–H groups in total. The monoisotopic (exact) mass is 171 g/mol. The van der Waals surface area contributed by atoms with E-state index in [1.807, 2.05) is 0 Å². The van der Waals surface area contributed by atoms with Crippen LogP contribution >= 0.6 is 0 Å². The molecule has 0 spiro atoms. The van der Waals surface area contributed by atoms with Crippen LogP contribution in [0, 0.1) is 0 Å². The molecule has 0 bridgehead atoms. The molecule has 2 aliphatic heterocycles. The van der Waals surface area contributed by atoms with Crippen LogP contribution in [0.5, 0.6) is 0 Å². The number of alkyl halides is 1. The van der Waals surface area contributed by atoms with Crippen LogP contribution in [0.1, 0.15) is 39.5 Å². The summed E-state index contributed by atoms with van der Waals surface area (Å²) in [6.07, 6.45) is 3.82. The van der Waals surface area contributed by atoms with Crippen molar-refractivity contribution in [3.63, 3.8) is 0 Å². The predicted octanol–water partition coefficient (Wildman–Crippen LogP) is 2.36. The third-order valence-electron chi connectivity index (χ3n) is 3.82. The van der Waals surface area contributed by atoms with Crippen molar-refractivity contribution in [2.75, 3.05) is 6.54 Å². The van der Waals surface area contributed by atoms with Crippen molar-refractivity contribution in [3.8, 4) is 0 Å². The molecule has 0 radical (unpaired) electrons. The van der Waals surface area contributed by atoms with Crippen LogP contribution in [0.2, 0.25) is 0 Å². The van der Waals surface area contributed by atoms with Gasteiger partial charge in [-0.15, -0.1) is 0 Å². The number of hydrogen-bond acceptors (Lipinski definition) is 1. The van der Waals surface area contributed by atoms with Crippen LogP contribution in [0.3, 0.4) is 0 Å². The lowest BCUT2D eigenvalue weighted by Gasteiger charge is -2.32. The maximum atomic E-state index is 13.2.